The number of nitrogens with two attached hydrogens (primary N) is 1. The largest absolute Gasteiger partial charge is 0.475 e. The second-order valence-electron chi connectivity index (χ2n) is 3.44. The average Bonchev–Trinajstić information content (AvgIpc) is 2.24. The van der Waals surface area contributed by atoms with Gasteiger partial charge in [-0.2, -0.15) is 0 Å². The Kier molecular flexibility index (Phi) is 5.07. The molecule has 0 saturated carbocycles. The number of rotatable bonds is 6. The van der Waals surface area contributed by atoms with Crippen molar-refractivity contribution in [1.82, 2.24) is 4.98 Å². The van der Waals surface area contributed by atoms with Gasteiger partial charge in [-0.25, -0.2) is 4.98 Å². The zero-order valence-corrected chi connectivity index (χ0v) is 9.27. The fourth-order valence-electron chi connectivity index (χ4n) is 1.13. The van der Waals surface area contributed by atoms with E-state index in [-0.39, 0.29) is 6.10 Å². The molecule has 0 radical (unpaired) electrons. The lowest BCUT2D eigenvalue weighted by Gasteiger charge is -2.10. The van der Waals surface area contributed by atoms with Crippen molar-refractivity contribution in [3.63, 3.8) is 0 Å². The predicted octanol–water partition coefficient (Wildman–Crippen LogP) is 1.34. The molecule has 0 aliphatic rings. The summed E-state index contributed by atoms with van der Waals surface area (Å²) in [5.41, 5.74) is 6.47. The number of nitrogens with zero attached hydrogens (tertiary/aromatic N) is 1. The first kappa shape index (κ1) is 11.9. The highest BCUT2D eigenvalue weighted by atomic mass is 16.5. The zero-order chi connectivity index (χ0) is 11.1. The molecule has 0 spiro atoms. The molecule has 0 saturated heterocycles. The summed E-state index contributed by atoms with van der Waals surface area (Å²) in [6, 6.07) is 3.76. The molecule has 0 aromatic carbocycles. The third-order valence-corrected chi connectivity index (χ3v) is 1.84. The Morgan fingerprint density at radius 3 is 2.87 bits per heavy atom. The summed E-state index contributed by atoms with van der Waals surface area (Å²) in [6.07, 6.45) is 1.92. The molecule has 0 unspecified atom stereocenters. The van der Waals surface area contributed by atoms with Gasteiger partial charge in [-0.1, -0.05) is 6.07 Å². The fourth-order valence-corrected chi connectivity index (χ4v) is 1.13. The van der Waals surface area contributed by atoms with Crippen molar-refractivity contribution in [2.24, 2.45) is 5.73 Å². The van der Waals surface area contributed by atoms with Crippen LogP contribution >= 0.6 is 0 Å². The summed E-state index contributed by atoms with van der Waals surface area (Å²) >= 11 is 0. The van der Waals surface area contributed by atoms with Crippen molar-refractivity contribution in [1.29, 1.82) is 0 Å². The molecule has 0 atom stereocenters. The van der Waals surface area contributed by atoms with E-state index in [0.29, 0.717) is 25.6 Å². The lowest BCUT2D eigenvalue weighted by atomic mass is 10.3. The molecule has 84 valence electrons. The molecule has 0 fully saturated rings. The van der Waals surface area contributed by atoms with E-state index in [1.165, 1.54) is 0 Å². The van der Waals surface area contributed by atoms with E-state index in [0.717, 1.165) is 5.56 Å². The van der Waals surface area contributed by atoms with Gasteiger partial charge >= 0.3 is 0 Å². The van der Waals surface area contributed by atoms with Gasteiger partial charge in [0, 0.05) is 18.3 Å². The summed E-state index contributed by atoms with van der Waals surface area (Å²) in [5, 5.41) is 0. The molecule has 0 bridgehead atoms. The van der Waals surface area contributed by atoms with E-state index < -0.39 is 0 Å². The second kappa shape index (κ2) is 6.37. The van der Waals surface area contributed by atoms with Gasteiger partial charge in [0.15, 0.2) is 0 Å². The van der Waals surface area contributed by atoms with Gasteiger partial charge in [0.2, 0.25) is 5.88 Å². The summed E-state index contributed by atoms with van der Waals surface area (Å²) in [4.78, 5) is 4.11. The second-order valence-corrected chi connectivity index (χ2v) is 3.44. The summed E-state index contributed by atoms with van der Waals surface area (Å²) in [6.45, 7) is 5.49. The Morgan fingerprint density at radius 1 is 1.40 bits per heavy atom. The van der Waals surface area contributed by atoms with Crippen LogP contribution in [-0.2, 0) is 11.3 Å². The first-order chi connectivity index (χ1) is 7.24. The molecular weight excluding hydrogens is 192 g/mol. The lowest BCUT2D eigenvalue weighted by molar-refractivity contribution is 0.0540. The Morgan fingerprint density at radius 2 is 2.20 bits per heavy atom. The third-order valence-electron chi connectivity index (χ3n) is 1.84. The highest BCUT2D eigenvalue weighted by molar-refractivity contribution is 5.24. The third kappa shape index (κ3) is 4.27. The van der Waals surface area contributed by atoms with Crippen LogP contribution in [0.15, 0.2) is 18.3 Å². The quantitative estimate of drug-likeness (QED) is 0.720. The Balaban J connectivity index is 2.36. The van der Waals surface area contributed by atoms with Crippen LogP contribution in [0.2, 0.25) is 0 Å². The van der Waals surface area contributed by atoms with E-state index >= 15 is 0 Å². The molecule has 0 amide bonds. The van der Waals surface area contributed by atoms with Crippen LogP contribution in [0.4, 0.5) is 0 Å². The van der Waals surface area contributed by atoms with Gasteiger partial charge in [-0.15, -0.1) is 0 Å². The maximum absolute atomic E-state index is 5.55. The van der Waals surface area contributed by atoms with Crippen LogP contribution in [0, 0.1) is 0 Å². The fraction of sp³-hybridized carbons (Fsp3) is 0.545. The molecule has 1 heterocycles. The van der Waals surface area contributed by atoms with Crippen LogP contribution in [0.3, 0.4) is 0 Å². The first-order valence-electron chi connectivity index (χ1n) is 5.12. The molecule has 0 aliphatic heterocycles. The Hall–Kier alpha value is -1.13. The molecule has 1 aromatic heterocycles. The lowest BCUT2D eigenvalue weighted by Crippen LogP contribution is -2.13. The zero-order valence-electron chi connectivity index (χ0n) is 9.27. The number of aromatic nitrogens is 1. The van der Waals surface area contributed by atoms with Gasteiger partial charge in [0.05, 0.1) is 12.7 Å². The maximum Gasteiger partial charge on any atom is 0.217 e. The van der Waals surface area contributed by atoms with Crippen molar-refractivity contribution in [2.75, 3.05) is 13.2 Å². The number of hydrogen-bond acceptors (Lipinski definition) is 4. The predicted molar refractivity (Wildman–Crippen MR) is 58.7 cm³/mol. The van der Waals surface area contributed by atoms with Crippen LogP contribution < -0.4 is 10.5 Å². The molecule has 1 rings (SSSR count). The Bertz CT molecular complexity index is 290. The molecule has 0 aliphatic carbocycles. The molecule has 1 aromatic rings. The van der Waals surface area contributed by atoms with E-state index in [4.69, 9.17) is 15.2 Å². The minimum Gasteiger partial charge on any atom is -0.475 e. The van der Waals surface area contributed by atoms with Crippen molar-refractivity contribution >= 4 is 0 Å². The monoisotopic (exact) mass is 210 g/mol. The number of hydrogen-bond donors (Lipinski definition) is 1. The molecule has 4 nitrogen and oxygen atoms in total. The van der Waals surface area contributed by atoms with Gasteiger partial charge < -0.3 is 15.2 Å². The number of ether oxygens (including phenoxy) is 2. The minimum absolute atomic E-state index is 0.228. The number of pyridine rings is 1. The average molecular weight is 210 g/mol. The van der Waals surface area contributed by atoms with E-state index in [9.17, 15) is 0 Å². The van der Waals surface area contributed by atoms with Crippen LogP contribution in [-0.4, -0.2) is 24.3 Å². The normalized spacial score (nSPS) is 10.7. The maximum atomic E-state index is 5.55. The van der Waals surface area contributed by atoms with Crippen molar-refractivity contribution < 1.29 is 9.47 Å². The topological polar surface area (TPSA) is 57.4 Å². The van der Waals surface area contributed by atoms with Gasteiger partial charge in [0.25, 0.3) is 0 Å². The van der Waals surface area contributed by atoms with Crippen LogP contribution in [0.5, 0.6) is 5.88 Å². The van der Waals surface area contributed by atoms with Crippen molar-refractivity contribution in [3.05, 3.63) is 23.9 Å². The van der Waals surface area contributed by atoms with E-state index in [2.05, 4.69) is 4.98 Å². The summed E-state index contributed by atoms with van der Waals surface area (Å²) in [7, 11) is 0. The van der Waals surface area contributed by atoms with E-state index in [1.807, 2.05) is 26.0 Å². The highest BCUT2D eigenvalue weighted by Gasteiger charge is 2.02. The SMILES string of the molecule is CC(C)OCCOc1ncccc1CN. The van der Waals surface area contributed by atoms with Crippen molar-refractivity contribution in [3.8, 4) is 5.88 Å². The molecule has 4 heteroatoms. The van der Waals surface area contributed by atoms with Gasteiger partial charge in [-0.05, 0) is 19.9 Å². The minimum atomic E-state index is 0.228. The molecule has 2 N–H and O–H groups in total. The molecular formula is C11H18N2O2. The molecule has 15 heavy (non-hydrogen) atoms. The summed E-state index contributed by atoms with van der Waals surface area (Å²) < 4.78 is 10.8. The standard InChI is InChI=1S/C11H18N2O2/c1-9(2)14-6-7-15-11-10(8-12)4-3-5-13-11/h3-5,9H,6-8,12H2,1-2H3. The van der Waals surface area contributed by atoms with Gasteiger partial charge in [0.1, 0.15) is 6.61 Å². The van der Waals surface area contributed by atoms with Crippen molar-refractivity contribution in [2.45, 2.75) is 26.5 Å². The highest BCUT2D eigenvalue weighted by Crippen LogP contribution is 2.12. The van der Waals surface area contributed by atoms with E-state index in [1.54, 1.807) is 6.20 Å². The Labute approximate surface area is 90.4 Å². The van der Waals surface area contributed by atoms with Gasteiger partial charge in [-0.3, -0.25) is 0 Å². The van der Waals surface area contributed by atoms with Crippen LogP contribution in [0.1, 0.15) is 19.4 Å². The first-order valence-corrected chi connectivity index (χ1v) is 5.12. The smallest absolute Gasteiger partial charge is 0.217 e. The summed E-state index contributed by atoms with van der Waals surface area (Å²) in [5.74, 6) is 0.604. The van der Waals surface area contributed by atoms with Crippen LogP contribution in [0.25, 0.3) is 0 Å².